The van der Waals surface area contributed by atoms with Gasteiger partial charge < -0.3 is 9.88 Å². The van der Waals surface area contributed by atoms with Crippen LogP contribution in [0.5, 0.6) is 0 Å². The molecule has 0 saturated heterocycles. The smallest absolute Gasteiger partial charge is 0.237 e. The Morgan fingerprint density at radius 2 is 1.92 bits per heavy atom. The summed E-state index contributed by atoms with van der Waals surface area (Å²) in [6, 6.07) is 15.8. The second-order valence-electron chi connectivity index (χ2n) is 7.49. The maximum Gasteiger partial charge on any atom is 0.237 e. The molecule has 1 amide bonds. The Morgan fingerprint density at radius 1 is 1.15 bits per heavy atom. The van der Waals surface area contributed by atoms with Crippen LogP contribution in [0.4, 0.5) is 5.69 Å². The van der Waals surface area contributed by atoms with Crippen LogP contribution in [0, 0.1) is 0 Å². The average Bonchev–Trinajstić information content (AvgIpc) is 3.34. The summed E-state index contributed by atoms with van der Waals surface area (Å²) >= 11 is 0. The van der Waals surface area contributed by atoms with Crippen molar-refractivity contribution in [2.45, 2.75) is 31.1 Å². The molecule has 4 nitrogen and oxygen atoms in total. The minimum absolute atomic E-state index is 0.161. The molecule has 26 heavy (non-hydrogen) atoms. The van der Waals surface area contributed by atoms with E-state index in [0.717, 1.165) is 40.7 Å². The number of anilines is 1. The first kappa shape index (κ1) is 15.4. The van der Waals surface area contributed by atoms with E-state index in [1.54, 1.807) is 4.90 Å². The van der Waals surface area contributed by atoms with Gasteiger partial charge in [0.25, 0.3) is 0 Å². The second kappa shape index (κ2) is 5.31. The predicted octanol–water partition coefficient (Wildman–Crippen LogP) is 3.99. The number of aromatic amines is 1. The van der Waals surface area contributed by atoms with Gasteiger partial charge in [-0.2, -0.15) is 0 Å². The van der Waals surface area contributed by atoms with Crippen molar-refractivity contribution in [2.24, 2.45) is 0 Å². The third-order valence-corrected chi connectivity index (χ3v) is 5.85. The Hall–Kier alpha value is -2.88. The molecule has 2 heterocycles. The molecule has 0 unspecified atom stereocenters. The van der Waals surface area contributed by atoms with Gasteiger partial charge in [-0.3, -0.25) is 9.59 Å². The fourth-order valence-electron chi connectivity index (χ4n) is 4.20. The number of rotatable bonds is 4. The predicted molar refractivity (Wildman–Crippen MR) is 102 cm³/mol. The molecule has 1 spiro atoms. The Balaban J connectivity index is 1.42. The number of aryl methyl sites for hydroxylation is 1. The lowest BCUT2D eigenvalue weighted by molar-refractivity contribution is -0.119. The van der Waals surface area contributed by atoms with Crippen LogP contribution in [-0.2, 0) is 16.6 Å². The van der Waals surface area contributed by atoms with Crippen LogP contribution in [0.3, 0.4) is 0 Å². The molecule has 1 aliphatic heterocycles. The number of H-pyrrole nitrogens is 1. The lowest BCUT2D eigenvalue weighted by atomic mass is 9.96. The molecule has 130 valence electrons. The summed E-state index contributed by atoms with van der Waals surface area (Å²) in [5.74, 6) is 0.392. The van der Waals surface area contributed by atoms with Gasteiger partial charge in [0, 0.05) is 41.3 Å². The van der Waals surface area contributed by atoms with Gasteiger partial charge in [0.1, 0.15) is 0 Å². The van der Waals surface area contributed by atoms with Crippen molar-refractivity contribution in [2.75, 3.05) is 11.9 Å². The molecule has 2 aliphatic rings. The highest BCUT2D eigenvalue weighted by molar-refractivity contribution is 6.11. The SMILES string of the molecule is CN1C(=O)C2(CC2)c2cc3cc(CCC(=O)c4ccccc4)[nH]c3cc21. The first-order chi connectivity index (χ1) is 12.6. The molecule has 0 atom stereocenters. The summed E-state index contributed by atoms with van der Waals surface area (Å²) < 4.78 is 0. The van der Waals surface area contributed by atoms with Crippen molar-refractivity contribution >= 4 is 28.3 Å². The molecule has 1 N–H and O–H groups in total. The van der Waals surface area contributed by atoms with Crippen LogP contribution < -0.4 is 4.90 Å². The van der Waals surface area contributed by atoms with E-state index >= 15 is 0 Å². The zero-order valence-corrected chi connectivity index (χ0v) is 14.7. The highest BCUT2D eigenvalue weighted by Crippen LogP contribution is 2.57. The number of Topliss-reactive ketones (excluding diaryl/α,β-unsaturated/α-hetero) is 1. The highest BCUT2D eigenvalue weighted by Gasteiger charge is 2.58. The van der Waals surface area contributed by atoms with E-state index in [0.29, 0.717) is 12.8 Å². The number of carbonyl (C=O) groups is 2. The maximum absolute atomic E-state index is 12.5. The quantitative estimate of drug-likeness (QED) is 0.728. The number of aromatic nitrogens is 1. The molecule has 1 aliphatic carbocycles. The normalized spacial score (nSPS) is 17.1. The highest BCUT2D eigenvalue weighted by atomic mass is 16.2. The van der Waals surface area contributed by atoms with Crippen molar-refractivity contribution in [3.63, 3.8) is 0 Å². The number of hydrogen-bond donors (Lipinski definition) is 1. The Kier molecular flexibility index (Phi) is 3.14. The van der Waals surface area contributed by atoms with E-state index < -0.39 is 0 Å². The van der Waals surface area contributed by atoms with Crippen LogP contribution in [-0.4, -0.2) is 23.7 Å². The van der Waals surface area contributed by atoms with Gasteiger partial charge in [-0.25, -0.2) is 0 Å². The van der Waals surface area contributed by atoms with Crippen LogP contribution in [0.25, 0.3) is 10.9 Å². The summed E-state index contributed by atoms with van der Waals surface area (Å²) in [5.41, 5.74) is 4.80. The van der Waals surface area contributed by atoms with E-state index in [2.05, 4.69) is 23.2 Å². The third kappa shape index (κ3) is 2.15. The topological polar surface area (TPSA) is 53.2 Å². The van der Waals surface area contributed by atoms with Crippen LogP contribution in [0.2, 0.25) is 0 Å². The van der Waals surface area contributed by atoms with Crippen molar-refractivity contribution in [1.29, 1.82) is 0 Å². The molecule has 4 heteroatoms. The first-order valence-electron chi connectivity index (χ1n) is 9.11. The maximum atomic E-state index is 12.5. The van der Waals surface area contributed by atoms with Gasteiger partial charge in [-0.05, 0) is 43.0 Å². The summed E-state index contributed by atoms with van der Waals surface area (Å²) in [6.07, 6.45) is 3.08. The molecule has 1 fully saturated rings. The van der Waals surface area contributed by atoms with Gasteiger partial charge in [0.05, 0.1) is 5.41 Å². The number of hydrogen-bond acceptors (Lipinski definition) is 2. The van der Waals surface area contributed by atoms with Crippen molar-refractivity contribution < 1.29 is 9.59 Å². The molecule has 1 aromatic heterocycles. The van der Waals surface area contributed by atoms with Crippen LogP contribution in [0.1, 0.15) is 40.9 Å². The van der Waals surface area contributed by atoms with E-state index in [-0.39, 0.29) is 17.1 Å². The molecule has 0 radical (unpaired) electrons. The number of nitrogens with zero attached hydrogens (tertiary/aromatic N) is 1. The second-order valence-corrected chi connectivity index (χ2v) is 7.49. The molecule has 3 aromatic rings. The number of amides is 1. The largest absolute Gasteiger partial charge is 0.358 e. The summed E-state index contributed by atoms with van der Waals surface area (Å²) in [4.78, 5) is 30.0. The summed E-state index contributed by atoms with van der Waals surface area (Å²) in [6.45, 7) is 0. The number of benzene rings is 2. The molecule has 1 saturated carbocycles. The fraction of sp³-hybridized carbons (Fsp3) is 0.273. The Morgan fingerprint density at radius 3 is 2.65 bits per heavy atom. The average molecular weight is 344 g/mol. The van der Waals surface area contributed by atoms with Crippen LogP contribution in [0.15, 0.2) is 48.5 Å². The van der Waals surface area contributed by atoms with E-state index in [1.165, 1.54) is 5.56 Å². The van der Waals surface area contributed by atoms with Gasteiger partial charge in [-0.15, -0.1) is 0 Å². The third-order valence-electron chi connectivity index (χ3n) is 5.85. The Labute approximate surface area is 151 Å². The van der Waals surface area contributed by atoms with Crippen molar-refractivity contribution in [3.05, 3.63) is 65.4 Å². The monoisotopic (exact) mass is 344 g/mol. The number of ketones is 1. The lowest BCUT2D eigenvalue weighted by Crippen LogP contribution is -2.27. The van der Waals surface area contributed by atoms with E-state index in [1.807, 2.05) is 37.4 Å². The van der Waals surface area contributed by atoms with Gasteiger partial charge in [0.15, 0.2) is 5.78 Å². The first-order valence-corrected chi connectivity index (χ1v) is 9.11. The lowest BCUT2D eigenvalue weighted by Gasteiger charge is -2.09. The minimum Gasteiger partial charge on any atom is -0.358 e. The number of carbonyl (C=O) groups excluding carboxylic acids is 2. The standard InChI is InChI=1S/C22H20N2O2/c1-24-19-13-18-15(12-17(19)22(9-10-22)21(24)26)11-16(23-18)7-8-20(25)14-5-3-2-4-6-14/h2-6,11-13,23H,7-10H2,1H3. The molecule has 0 bridgehead atoms. The number of likely N-dealkylation sites (N-methyl/N-ethyl adjacent to an activating group) is 1. The molecular weight excluding hydrogens is 324 g/mol. The number of nitrogens with one attached hydrogen (secondary N) is 1. The zero-order valence-electron chi connectivity index (χ0n) is 14.7. The van der Waals surface area contributed by atoms with Crippen LogP contribution >= 0.6 is 0 Å². The van der Waals surface area contributed by atoms with Gasteiger partial charge >= 0.3 is 0 Å². The molecular formula is C22H20N2O2. The van der Waals surface area contributed by atoms with Crippen molar-refractivity contribution in [3.8, 4) is 0 Å². The summed E-state index contributed by atoms with van der Waals surface area (Å²) in [5, 5.41) is 1.13. The Bertz CT molecular complexity index is 1040. The van der Waals surface area contributed by atoms with Gasteiger partial charge in [-0.1, -0.05) is 30.3 Å². The minimum atomic E-state index is -0.251. The molecule has 5 rings (SSSR count). The molecule has 2 aromatic carbocycles. The van der Waals surface area contributed by atoms with Gasteiger partial charge in [0.2, 0.25) is 5.91 Å². The van der Waals surface area contributed by atoms with E-state index in [4.69, 9.17) is 0 Å². The summed E-state index contributed by atoms with van der Waals surface area (Å²) in [7, 11) is 1.86. The van der Waals surface area contributed by atoms with E-state index in [9.17, 15) is 9.59 Å². The van der Waals surface area contributed by atoms with Crippen molar-refractivity contribution in [1.82, 2.24) is 4.98 Å². The number of fused-ring (bicyclic) bond motifs is 3. The zero-order chi connectivity index (χ0) is 17.9. The fourth-order valence-corrected chi connectivity index (χ4v) is 4.20.